The smallest absolute Gasteiger partial charge is 0.366 e. The van der Waals surface area contributed by atoms with Gasteiger partial charge in [0.1, 0.15) is 5.02 Å². The number of aromatic amines is 1. The van der Waals surface area contributed by atoms with Crippen LogP contribution in [0.15, 0.2) is 29.2 Å². The number of rotatable bonds is 3. The Morgan fingerprint density at radius 3 is 2.54 bits per heavy atom. The summed E-state index contributed by atoms with van der Waals surface area (Å²) < 4.78 is 38.3. The zero-order valence-corrected chi connectivity index (χ0v) is 14.9. The number of aryl methyl sites for hydroxylation is 1. The van der Waals surface area contributed by atoms with E-state index in [2.05, 4.69) is 15.1 Å². The molecule has 1 fully saturated rings. The third-order valence-corrected chi connectivity index (χ3v) is 4.92. The maximum atomic E-state index is 12.8. The molecule has 5 nitrogen and oxygen atoms in total. The van der Waals surface area contributed by atoms with Crippen molar-refractivity contribution >= 4 is 17.3 Å². The van der Waals surface area contributed by atoms with Gasteiger partial charge in [-0.15, -0.1) is 0 Å². The Bertz CT molecular complexity index is 845. The van der Waals surface area contributed by atoms with Gasteiger partial charge in [-0.05, 0) is 30.2 Å². The summed E-state index contributed by atoms with van der Waals surface area (Å²) in [4.78, 5) is 15.7. The maximum Gasteiger partial charge on any atom is 0.416 e. The van der Waals surface area contributed by atoms with E-state index < -0.39 is 17.3 Å². The molecule has 3 rings (SSSR count). The number of nitrogens with one attached hydrogen (secondary N) is 1. The first-order valence-corrected chi connectivity index (χ1v) is 8.50. The maximum absolute atomic E-state index is 12.8. The van der Waals surface area contributed by atoms with Gasteiger partial charge in [0.2, 0.25) is 0 Å². The SMILES string of the molecule is Cc1cc(C(F)(F)F)ccc1CN1CCN(c2cn[nH]c(=O)c2Cl)CC1. The first-order chi connectivity index (χ1) is 12.3. The van der Waals surface area contributed by atoms with Gasteiger partial charge in [0, 0.05) is 32.7 Å². The number of anilines is 1. The number of benzene rings is 1. The quantitative estimate of drug-likeness (QED) is 0.880. The van der Waals surface area contributed by atoms with E-state index in [9.17, 15) is 18.0 Å². The minimum Gasteiger partial charge on any atom is -0.366 e. The summed E-state index contributed by atoms with van der Waals surface area (Å²) >= 11 is 6.03. The predicted octanol–water partition coefficient (Wildman–Crippen LogP) is 3.07. The summed E-state index contributed by atoms with van der Waals surface area (Å²) in [6, 6.07) is 3.86. The van der Waals surface area contributed by atoms with Gasteiger partial charge in [-0.2, -0.15) is 18.3 Å². The minimum atomic E-state index is -4.32. The summed E-state index contributed by atoms with van der Waals surface area (Å²) in [7, 11) is 0. The van der Waals surface area contributed by atoms with Gasteiger partial charge in [0.25, 0.3) is 5.56 Å². The van der Waals surface area contributed by atoms with Crippen LogP contribution in [0.25, 0.3) is 0 Å². The molecule has 1 saturated heterocycles. The number of piperazine rings is 1. The normalized spacial score (nSPS) is 16.1. The monoisotopic (exact) mass is 386 g/mol. The number of H-pyrrole nitrogens is 1. The lowest BCUT2D eigenvalue weighted by molar-refractivity contribution is -0.137. The Labute approximate surface area is 153 Å². The highest BCUT2D eigenvalue weighted by Crippen LogP contribution is 2.31. The molecule has 0 radical (unpaired) electrons. The molecule has 0 saturated carbocycles. The molecule has 2 aromatic rings. The summed E-state index contributed by atoms with van der Waals surface area (Å²) in [5, 5.41) is 6.18. The Hall–Kier alpha value is -2.06. The van der Waals surface area contributed by atoms with E-state index in [0.29, 0.717) is 44.0 Å². The molecule has 0 unspecified atom stereocenters. The molecule has 26 heavy (non-hydrogen) atoms. The Kier molecular flexibility index (Phi) is 5.24. The standard InChI is InChI=1S/C17H18ClF3N4O/c1-11-8-13(17(19,20)21)3-2-12(11)10-24-4-6-25(7-5-24)14-9-22-23-16(26)15(14)18/h2-3,8-9H,4-7,10H2,1H3,(H,23,26). The van der Waals surface area contributed by atoms with E-state index in [1.54, 1.807) is 13.0 Å². The lowest BCUT2D eigenvalue weighted by atomic mass is 10.0. The summed E-state index contributed by atoms with van der Waals surface area (Å²) in [5.41, 5.74) is 1.05. The van der Waals surface area contributed by atoms with Gasteiger partial charge in [-0.25, -0.2) is 5.10 Å². The Balaban J connectivity index is 1.64. The van der Waals surface area contributed by atoms with Gasteiger partial charge in [0.05, 0.1) is 17.4 Å². The van der Waals surface area contributed by atoms with E-state index in [1.807, 2.05) is 4.90 Å². The van der Waals surface area contributed by atoms with Crippen molar-refractivity contribution < 1.29 is 13.2 Å². The van der Waals surface area contributed by atoms with E-state index >= 15 is 0 Å². The van der Waals surface area contributed by atoms with Crippen molar-refractivity contribution in [2.45, 2.75) is 19.6 Å². The molecule has 0 amide bonds. The summed E-state index contributed by atoms with van der Waals surface area (Å²) in [6.07, 6.45) is -2.80. The summed E-state index contributed by atoms with van der Waals surface area (Å²) in [5.74, 6) is 0. The van der Waals surface area contributed by atoms with E-state index in [-0.39, 0.29) is 5.02 Å². The molecular weight excluding hydrogens is 369 g/mol. The molecule has 0 atom stereocenters. The molecule has 1 aromatic carbocycles. The van der Waals surface area contributed by atoms with Crippen LogP contribution in [-0.4, -0.2) is 41.3 Å². The van der Waals surface area contributed by atoms with E-state index in [1.165, 1.54) is 12.3 Å². The van der Waals surface area contributed by atoms with Crippen molar-refractivity contribution in [1.82, 2.24) is 15.1 Å². The van der Waals surface area contributed by atoms with Gasteiger partial charge in [-0.3, -0.25) is 9.69 Å². The highest BCUT2D eigenvalue weighted by atomic mass is 35.5. The fourth-order valence-electron chi connectivity index (χ4n) is 3.03. The average molecular weight is 387 g/mol. The summed E-state index contributed by atoms with van der Waals surface area (Å²) in [6.45, 7) is 5.02. The first-order valence-electron chi connectivity index (χ1n) is 8.13. The van der Waals surface area contributed by atoms with Gasteiger partial charge >= 0.3 is 6.18 Å². The van der Waals surface area contributed by atoms with Gasteiger partial charge in [0.15, 0.2) is 0 Å². The van der Waals surface area contributed by atoms with Crippen molar-refractivity contribution in [3.63, 3.8) is 0 Å². The molecule has 0 bridgehead atoms. The molecule has 1 aliphatic rings. The second-order valence-corrected chi connectivity index (χ2v) is 6.68. The van der Waals surface area contributed by atoms with Crippen molar-refractivity contribution in [1.29, 1.82) is 0 Å². The van der Waals surface area contributed by atoms with Crippen molar-refractivity contribution in [3.05, 3.63) is 56.5 Å². The van der Waals surface area contributed by atoms with Crippen molar-refractivity contribution in [3.8, 4) is 0 Å². The molecule has 9 heteroatoms. The number of nitrogens with zero attached hydrogens (tertiary/aromatic N) is 3. The zero-order chi connectivity index (χ0) is 18.9. The molecule has 1 aliphatic heterocycles. The second-order valence-electron chi connectivity index (χ2n) is 6.30. The first kappa shape index (κ1) is 18.7. The van der Waals surface area contributed by atoms with Crippen LogP contribution in [0.4, 0.5) is 18.9 Å². The molecular formula is C17H18ClF3N4O. The fourth-order valence-corrected chi connectivity index (χ4v) is 3.24. The molecule has 1 aromatic heterocycles. The predicted molar refractivity (Wildman–Crippen MR) is 93.5 cm³/mol. The molecule has 1 N–H and O–H groups in total. The zero-order valence-electron chi connectivity index (χ0n) is 14.1. The number of hydrogen-bond acceptors (Lipinski definition) is 4. The number of hydrogen-bond donors (Lipinski definition) is 1. The lowest BCUT2D eigenvalue weighted by Gasteiger charge is -2.36. The van der Waals surface area contributed by atoms with E-state index in [4.69, 9.17) is 11.6 Å². The Morgan fingerprint density at radius 1 is 1.23 bits per heavy atom. The highest BCUT2D eigenvalue weighted by molar-refractivity contribution is 6.32. The number of halogens is 4. The molecule has 0 aliphatic carbocycles. The molecule has 0 spiro atoms. The van der Waals surface area contributed by atoms with E-state index in [0.717, 1.165) is 11.6 Å². The number of alkyl halides is 3. The van der Waals surface area contributed by atoms with Crippen LogP contribution in [0.3, 0.4) is 0 Å². The van der Waals surface area contributed by atoms with Gasteiger partial charge in [-0.1, -0.05) is 17.7 Å². The van der Waals surface area contributed by atoms with Crippen LogP contribution in [0.1, 0.15) is 16.7 Å². The van der Waals surface area contributed by atoms with Gasteiger partial charge < -0.3 is 4.90 Å². The fraction of sp³-hybridized carbons (Fsp3) is 0.412. The molecule has 2 heterocycles. The topological polar surface area (TPSA) is 52.2 Å². The third-order valence-electron chi connectivity index (χ3n) is 4.55. The lowest BCUT2D eigenvalue weighted by Crippen LogP contribution is -2.46. The molecule has 140 valence electrons. The van der Waals surface area contributed by atoms with Crippen LogP contribution in [-0.2, 0) is 12.7 Å². The highest BCUT2D eigenvalue weighted by Gasteiger charge is 2.30. The third kappa shape index (κ3) is 4.02. The van der Waals surface area contributed by atoms with Crippen molar-refractivity contribution in [2.75, 3.05) is 31.1 Å². The Morgan fingerprint density at radius 2 is 1.92 bits per heavy atom. The van der Waals surface area contributed by atoms with Crippen molar-refractivity contribution in [2.24, 2.45) is 0 Å². The average Bonchev–Trinajstić information content (AvgIpc) is 2.59. The van der Waals surface area contributed by atoms with Crippen LogP contribution in [0, 0.1) is 6.92 Å². The van der Waals surface area contributed by atoms with Crippen LogP contribution in [0.5, 0.6) is 0 Å². The second kappa shape index (κ2) is 7.28. The van der Waals surface area contributed by atoms with Crippen LogP contribution >= 0.6 is 11.6 Å². The van der Waals surface area contributed by atoms with Crippen LogP contribution < -0.4 is 10.5 Å². The minimum absolute atomic E-state index is 0.118. The van der Waals surface area contributed by atoms with Crippen LogP contribution in [0.2, 0.25) is 5.02 Å². The largest absolute Gasteiger partial charge is 0.416 e. The number of aromatic nitrogens is 2.